The van der Waals surface area contributed by atoms with Crippen LogP contribution >= 0.6 is 35.3 Å². The van der Waals surface area contributed by atoms with E-state index < -0.39 is 0 Å². The molecule has 0 saturated heterocycles. The fraction of sp³-hybridized carbons (Fsp3) is 0.526. The van der Waals surface area contributed by atoms with Gasteiger partial charge in [0, 0.05) is 25.4 Å². The molecule has 130 valence electrons. The van der Waals surface area contributed by atoms with Crippen molar-refractivity contribution in [2.75, 3.05) is 5.75 Å². The number of hydrogen-bond acceptors (Lipinski definition) is 4. The van der Waals surface area contributed by atoms with Crippen molar-refractivity contribution in [1.82, 2.24) is 5.48 Å². The molecule has 1 aliphatic rings. The van der Waals surface area contributed by atoms with E-state index in [2.05, 4.69) is 38.4 Å². The molecule has 1 aromatic heterocycles. The van der Waals surface area contributed by atoms with E-state index in [9.17, 15) is 0 Å². The highest BCUT2D eigenvalue weighted by Crippen LogP contribution is 2.44. The van der Waals surface area contributed by atoms with Crippen LogP contribution in [0.15, 0.2) is 17.0 Å². The summed E-state index contributed by atoms with van der Waals surface area (Å²) >= 11 is 9.12. The van der Waals surface area contributed by atoms with Gasteiger partial charge in [0.1, 0.15) is 11.6 Å². The first-order chi connectivity index (χ1) is 11.4. The molecule has 1 aliphatic heterocycles. The number of thiocarbonyl (C=S) groups is 1. The minimum atomic E-state index is 0.113. The summed E-state index contributed by atoms with van der Waals surface area (Å²) in [7, 11) is 0. The van der Waals surface area contributed by atoms with Crippen LogP contribution in [0.4, 0.5) is 0 Å². The lowest BCUT2D eigenvalue weighted by Gasteiger charge is -2.21. The average Bonchev–Trinajstić information content (AvgIpc) is 2.94. The van der Waals surface area contributed by atoms with E-state index in [0.29, 0.717) is 6.61 Å². The van der Waals surface area contributed by atoms with Crippen molar-refractivity contribution in [3.05, 3.63) is 28.1 Å². The van der Waals surface area contributed by atoms with E-state index in [4.69, 9.17) is 17.1 Å². The van der Waals surface area contributed by atoms with Crippen LogP contribution in [0.25, 0.3) is 10.1 Å². The van der Waals surface area contributed by atoms with Crippen LogP contribution in [-0.4, -0.2) is 10.7 Å². The molecule has 0 spiro atoms. The fourth-order valence-electron chi connectivity index (χ4n) is 3.13. The largest absolute Gasteiger partial charge is 0.271 e. The molecule has 24 heavy (non-hydrogen) atoms. The van der Waals surface area contributed by atoms with E-state index >= 15 is 0 Å². The lowest BCUT2D eigenvalue weighted by Crippen LogP contribution is -2.21. The zero-order valence-electron chi connectivity index (χ0n) is 14.8. The number of rotatable bonds is 4. The van der Waals surface area contributed by atoms with Gasteiger partial charge in [-0.2, -0.15) is 0 Å². The van der Waals surface area contributed by atoms with Crippen LogP contribution in [0, 0.1) is 0 Å². The zero-order chi connectivity index (χ0) is 17.3. The second-order valence-corrected chi connectivity index (χ2v) is 9.88. The first-order valence-electron chi connectivity index (χ1n) is 8.53. The van der Waals surface area contributed by atoms with E-state index in [1.165, 1.54) is 49.6 Å². The number of nitrogens with one attached hydrogen (secondary N) is 1. The number of hydrogen-bond donors (Lipinski definition) is 1. The molecule has 0 radical (unpaired) electrons. The van der Waals surface area contributed by atoms with Gasteiger partial charge in [0.2, 0.25) is 0 Å². The van der Waals surface area contributed by atoms with E-state index in [1.54, 1.807) is 0 Å². The summed E-state index contributed by atoms with van der Waals surface area (Å²) in [6, 6.07) is 4.60. The standard InChI is InChI=1S/C19H25NOS3/c1-5-16(22)20-21-11-13-17-12-7-6-10-23-14(12)8-9-15(17)24-18(13)19(2,3)4/h8-9H,5-7,10-11H2,1-4H3,(H,20,22). The van der Waals surface area contributed by atoms with E-state index in [1.807, 2.05) is 30.0 Å². The second kappa shape index (κ2) is 7.32. The van der Waals surface area contributed by atoms with Crippen LogP contribution in [0.2, 0.25) is 0 Å². The Morgan fingerprint density at radius 1 is 1.33 bits per heavy atom. The maximum Gasteiger partial charge on any atom is 0.101 e. The molecule has 0 fully saturated rings. The third-order valence-electron chi connectivity index (χ3n) is 4.25. The number of hydroxylamine groups is 1. The summed E-state index contributed by atoms with van der Waals surface area (Å²) in [6.07, 6.45) is 3.24. The van der Waals surface area contributed by atoms with Gasteiger partial charge < -0.3 is 0 Å². The van der Waals surface area contributed by atoms with Crippen molar-refractivity contribution in [3.63, 3.8) is 0 Å². The normalized spacial score (nSPS) is 14.7. The topological polar surface area (TPSA) is 21.3 Å². The minimum Gasteiger partial charge on any atom is -0.271 e. The fourth-order valence-corrected chi connectivity index (χ4v) is 5.53. The van der Waals surface area contributed by atoms with Gasteiger partial charge >= 0.3 is 0 Å². The lowest BCUT2D eigenvalue weighted by molar-refractivity contribution is 0.0718. The number of thioether (sulfide) groups is 1. The highest BCUT2D eigenvalue weighted by Gasteiger charge is 2.26. The van der Waals surface area contributed by atoms with Gasteiger partial charge in [-0.1, -0.05) is 39.9 Å². The highest BCUT2D eigenvalue weighted by molar-refractivity contribution is 7.99. The van der Waals surface area contributed by atoms with E-state index in [0.717, 1.165) is 11.4 Å². The summed E-state index contributed by atoms with van der Waals surface area (Å²) in [5, 5.41) is 1.43. The van der Waals surface area contributed by atoms with Crippen LogP contribution in [-0.2, 0) is 23.3 Å². The van der Waals surface area contributed by atoms with Gasteiger partial charge in [-0.05, 0) is 48.1 Å². The molecule has 0 saturated carbocycles. The highest BCUT2D eigenvalue weighted by atomic mass is 32.2. The summed E-state index contributed by atoms with van der Waals surface area (Å²) in [5.74, 6) is 1.23. The molecular formula is C19H25NOS3. The first kappa shape index (κ1) is 18.2. The average molecular weight is 380 g/mol. The molecule has 2 aromatic rings. The zero-order valence-corrected chi connectivity index (χ0v) is 17.3. The van der Waals surface area contributed by atoms with E-state index in [-0.39, 0.29) is 5.41 Å². The monoisotopic (exact) mass is 379 g/mol. The summed E-state index contributed by atoms with van der Waals surface area (Å²) in [5.41, 5.74) is 5.90. The van der Waals surface area contributed by atoms with Crippen LogP contribution in [0.5, 0.6) is 0 Å². The van der Waals surface area contributed by atoms with Crippen molar-refractivity contribution in [2.24, 2.45) is 0 Å². The maximum absolute atomic E-state index is 5.77. The third-order valence-corrected chi connectivity index (χ3v) is 7.43. The summed E-state index contributed by atoms with van der Waals surface area (Å²) in [4.78, 5) is 9.40. The summed E-state index contributed by atoms with van der Waals surface area (Å²) in [6.45, 7) is 9.45. The number of benzene rings is 1. The first-order valence-corrected chi connectivity index (χ1v) is 10.7. The molecule has 3 rings (SSSR count). The van der Waals surface area contributed by atoms with Gasteiger partial charge in [-0.3, -0.25) is 10.3 Å². The molecule has 0 aliphatic carbocycles. The second-order valence-electron chi connectivity index (χ2n) is 7.19. The Hall–Kier alpha value is -0.620. The molecular weight excluding hydrogens is 354 g/mol. The molecule has 1 aromatic carbocycles. The Bertz CT molecular complexity index is 758. The van der Waals surface area contributed by atoms with Gasteiger partial charge in [-0.25, -0.2) is 0 Å². The molecule has 0 amide bonds. The Balaban J connectivity index is 2.06. The van der Waals surface area contributed by atoms with Crippen molar-refractivity contribution >= 4 is 50.4 Å². The van der Waals surface area contributed by atoms with Crippen molar-refractivity contribution in [2.45, 2.75) is 63.9 Å². The predicted octanol–water partition coefficient (Wildman–Crippen LogP) is 6.00. The van der Waals surface area contributed by atoms with Crippen LogP contribution in [0.1, 0.15) is 56.5 Å². The SMILES string of the molecule is CCC(=S)NOCc1c(C(C)(C)C)sc2ccc3c(c12)CCCS3. The Morgan fingerprint density at radius 2 is 2.12 bits per heavy atom. The minimum absolute atomic E-state index is 0.113. The lowest BCUT2D eigenvalue weighted by atomic mass is 9.89. The quantitative estimate of drug-likeness (QED) is 0.519. The molecule has 2 heterocycles. The maximum atomic E-state index is 5.77. The van der Waals surface area contributed by atoms with Crippen molar-refractivity contribution in [1.29, 1.82) is 0 Å². The Labute approximate surface area is 158 Å². The molecule has 5 heteroatoms. The van der Waals surface area contributed by atoms with Gasteiger partial charge in [0.25, 0.3) is 0 Å². The number of fused-ring (bicyclic) bond motifs is 3. The third kappa shape index (κ3) is 3.64. The molecule has 0 bridgehead atoms. The van der Waals surface area contributed by atoms with Gasteiger partial charge in [0.05, 0.1) is 0 Å². The number of aryl methyl sites for hydroxylation is 1. The van der Waals surface area contributed by atoms with Crippen molar-refractivity contribution in [3.8, 4) is 0 Å². The predicted molar refractivity (Wildman–Crippen MR) is 110 cm³/mol. The molecule has 2 nitrogen and oxygen atoms in total. The Kier molecular flexibility index (Phi) is 5.55. The van der Waals surface area contributed by atoms with Gasteiger partial charge in [0.15, 0.2) is 0 Å². The Morgan fingerprint density at radius 3 is 2.83 bits per heavy atom. The smallest absolute Gasteiger partial charge is 0.101 e. The van der Waals surface area contributed by atoms with Crippen LogP contribution in [0.3, 0.4) is 0 Å². The van der Waals surface area contributed by atoms with Crippen molar-refractivity contribution < 1.29 is 4.84 Å². The van der Waals surface area contributed by atoms with Crippen LogP contribution < -0.4 is 5.48 Å². The van der Waals surface area contributed by atoms with Gasteiger partial charge in [-0.15, -0.1) is 23.1 Å². The molecule has 1 N–H and O–H groups in total. The molecule has 0 unspecified atom stereocenters. The molecule has 0 atom stereocenters. The summed E-state index contributed by atoms with van der Waals surface area (Å²) < 4.78 is 1.39. The number of thiophene rings is 1.